The largest absolute Gasteiger partial charge is 0.462 e. The van der Waals surface area contributed by atoms with Gasteiger partial charge >= 0.3 is 5.97 Å². The summed E-state index contributed by atoms with van der Waals surface area (Å²) in [7, 11) is 0. The van der Waals surface area contributed by atoms with E-state index in [-0.39, 0.29) is 28.9 Å². The maximum atomic E-state index is 13.7. The van der Waals surface area contributed by atoms with Gasteiger partial charge in [-0.3, -0.25) is 14.5 Å². The number of hydrogen-bond acceptors (Lipinski definition) is 4. The number of nitrogens with zero attached hydrogens (tertiary/aromatic N) is 1. The number of piperidine rings is 1. The van der Waals surface area contributed by atoms with Crippen molar-refractivity contribution in [2.75, 3.05) is 13.1 Å². The Bertz CT molecular complexity index is 730. The topological polar surface area (TPSA) is 46.6 Å². The van der Waals surface area contributed by atoms with Gasteiger partial charge in [-0.2, -0.15) is 0 Å². The first-order valence-electron chi connectivity index (χ1n) is 13.2. The fourth-order valence-electron chi connectivity index (χ4n) is 9.18. The summed E-state index contributed by atoms with van der Waals surface area (Å²) in [6.07, 6.45) is 12.1. The van der Waals surface area contributed by atoms with E-state index in [4.69, 9.17) is 4.74 Å². The second-order valence-electron chi connectivity index (χ2n) is 12.4. The van der Waals surface area contributed by atoms with Crippen molar-refractivity contribution in [3.8, 4) is 0 Å². The van der Waals surface area contributed by atoms with E-state index in [1.54, 1.807) is 6.92 Å². The van der Waals surface area contributed by atoms with Crippen LogP contribution in [0.3, 0.4) is 0 Å². The minimum atomic E-state index is -0.131. The highest BCUT2D eigenvalue weighted by Gasteiger charge is 2.63. The fourth-order valence-corrected chi connectivity index (χ4v) is 9.18. The van der Waals surface area contributed by atoms with Gasteiger partial charge in [-0.25, -0.2) is 0 Å². The zero-order valence-electron chi connectivity index (χ0n) is 20.2. The molecule has 0 aromatic carbocycles. The molecule has 4 nitrogen and oxygen atoms in total. The van der Waals surface area contributed by atoms with Gasteiger partial charge in [0, 0.05) is 12.3 Å². The quantitative estimate of drug-likeness (QED) is 0.563. The van der Waals surface area contributed by atoms with Crippen molar-refractivity contribution in [2.45, 2.75) is 104 Å². The van der Waals surface area contributed by atoms with Crippen molar-refractivity contribution >= 4 is 11.8 Å². The highest BCUT2D eigenvalue weighted by atomic mass is 16.5. The molecule has 0 spiro atoms. The monoisotopic (exact) mass is 429 g/mol. The van der Waals surface area contributed by atoms with Crippen LogP contribution in [0.15, 0.2) is 0 Å². The first-order valence-corrected chi connectivity index (χ1v) is 13.2. The summed E-state index contributed by atoms with van der Waals surface area (Å²) in [6, 6.07) is 0.180. The van der Waals surface area contributed by atoms with E-state index in [2.05, 4.69) is 25.7 Å². The molecule has 4 heteroatoms. The molecule has 1 aliphatic heterocycles. The Morgan fingerprint density at radius 3 is 2.48 bits per heavy atom. The van der Waals surface area contributed by atoms with Crippen LogP contribution in [-0.2, 0) is 14.3 Å². The van der Waals surface area contributed by atoms with Crippen molar-refractivity contribution in [1.82, 2.24) is 4.90 Å². The van der Waals surface area contributed by atoms with Crippen molar-refractivity contribution in [1.29, 1.82) is 0 Å². The lowest BCUT2D eigenvalue weighted by molar-refractivity contribution is -0.171. The number of hydrogen-bond donors (Lipinski definition) is 0. The molecule has 0 aromatic rings. The van der Waals surface area contributed by atoms with E-state index in [1.165, 1.54) is 44.9 Å². The summed E-state index contributed by atoms with van der Waals surface area (Å²) in [5, 5.41) is 0. The van der Waals surface area contributed by atoms with Crippen LogP contribution in [0.2, 0.25) is 0 Å². The highest BCUT2D eigenvalue weighted by Crippen LogP contribution is 2.66. The van der Waals surface area contributed by atoms with Crippen LogP contribution in [0, 0.1) is 40.4 Å². The molecule has 0 bridgehead atoms. The van der Waals surface area contributed by atoms with E-state index in [0.717, 1.165) is 38.3 Å². The van der Waals surface area contributed by atoms with Crippen molar-refractivity contribution in [2.24, 2.45) is 40.4 Å². The third kappa shape index (κ3) is 3.42. The number of Topliss-reactive ketones (excluding diaryl/α,β-unsaturated/α-hetero) is 1. The molecular weight excluding hydrogens is 386 g/mol. The minimum Gasteiger partial charge on any atom is -0.462 e. The van der Waals surface area contributed by atoms with Crippen LogP contribution in [0.1, 0.15) is 91.9 Å². The summed E-state index contributed by atoms with van der Waals surface area (Å²) in [5.41, 5.74) is 0.146. The molecule has 0 N–H and O–H groups in total. The van der Waals surface area contributed by atoms with Gasteiger partial charge in [-0.15, -0.1) is 0 Å². The molecule has 4 saturated carbocycles. The van der Waals surface area contributed by atoms with Crippen LogP contribution in [-0.4, -0.2) is 41.9 Å². The standard InChI is InChI=1S/C27H43NO3/c1-17-14-19-8-9-20-21(27(19,4)16-24(17)31-18(2)29)10-11-26(3)22(20)15-23(25(26)30)28-12-6-5-7-13-28/h17,19-24H,5-16H2,1-4H3/t17?,19?,20-,21-,22+,23?,24?,26+,27+/m1/s1. The number of fused-ring (bicyclic) bond motifs is 5. The Kier molecular flexibility index (Phi) is 5.55. The number of carbonyl (C=O) groups is 2. The maximum Gasteiger partial charge on any atom is 0.302 e. The number of rotatable bonds is 2. The number of likely N-dealkylation sites (tertiary alicyclic amines) is 1. The minimum absolute atomic E-state index is 0.0668. The molecule has 4 unspecified atom stereocenters. The van der Waals surface area contributed by atoms with Gasteiger partial charge in [0.15, 0.2) is 5.78 Å². The Morgan fingerprint density at radius 1 is 1.03 bits per heavy atom. The molecule has 174 valence electrons. The van der Waals surface area contributed by atoms with E-state index in [1.807, 2.05) is 0 Å². The van der Waals surface area contributed by atoms with Gasteiger partial charge in [0.2, 0.25) is 0 Å². The Labute approximate surface area is 188 Å². The van der Waals surface area contributed by atoms with E-state index < -0.39 is 0 Å². The molecule has 1 saturated heterocycles. The molecule has 9 atom stereocenters. The smallest absolute Gasteiger partial charge is 0.302 e. The van der Waals surface area contributed by atoms with Crippen molar-refractivity contribution < 1.29 is 14.3 Å². The summed E-state index contributed by atoms with van der Waals surface area (Å²) in [6.45, 7) is 10.9. The van der Waals surface area contributed by atoms with Crippen LogP contribution in [0.4, 0.5) is 0 Å². The van der Waals surface area contributed by atoms with Gasteiger partial charge in [0.25, 0.3) is 0 Å². The molecule has 0 amide bonds. The molecule has 5 fully saturated rings. The second kappa shape index (κ2) is 7.85. The van der Waals surface area contributed by atoms with E-state index >= 15 is 0 Å². The maximum absolute atomic E-state index is 13.7. The van der Waals surface area contributed by atoms with Gasteiger partial charge in [-0.05, 0) is 106 Å². The molecule has 0 radical (unpaired) electrons. The molecule has 5 aliphatic rings. The highest BCUT2D eigenvalue weighted by molar-refractivity contribution is 5.92. The molecule has 1 heterocycles. The Balaban J connectivity index is 1.39. The average molecular weight is 430 g/mol. The summed E-state index contributed by atoms with van der Waals surface area (Å²) >= 11 is 0. The van der Waals surface area contributed by atoms with Gasteiger partial charge in [0.1, 0.15) is 6.10 Å². The van der Waals surface area contributed by atoms with E-state index in [9.17, 15) is 9.59 Å². The average Bonchev–Trinajstić information content (AvgIpc) is 3.00. The normalized spacial score (nSPS) is 50.3. The van der Waals surface area contributed by atoms with Crippen LogP contribution >= 0.6 is 0 Å². The third-order valence-electron chi connectivity index (χ3n) is 10.9. The fraction of sp³-hybridized carbons (Fsp3) is 0.926. The first kappa shape index (κ1) is 21.9. The lowest BCUT2D eigenvalue weighted by Gasteiger charge is -2.61. The SMILES string of the molecule is CC(=O)OC1C[C@@]2(C)C(CC[C@@H]3[C@H]2CC[C@]2(C)C(=O)C(N4CCCCC4)C[C@@H]32)CC1C. The predicted octanol–water partition coefficient (Wildman–Crippen LogP) is 5.24. The molecule has 4 aliphatic carbocycles. The second-order valence-corrected chi connectivity index (χ2v) is 12.4. The Hall–Kier alpha value is -0.900. The number of ketones is 1. The first-order chi connectivity index (χ1) is 14.7. The zero-order valence-corrected chi connectivity index (χ0v) is 20.2. The zero-order chi connectivity index (χ0) is 22.0. The van der Waals surface area contributed by atoms with Gasteiger partial charge < -0.3 is 4.74 Å². The summed E-state index contributed by atoms with van der Waals surface area (Å²) < 4.78 is 5.82. The lowest BCUT2D eigenvalue weighted by Crippen LogP contribution is -2.56. The lowest BCUT2D eigenvalue weighted by atomic mass is 9.44. The summed E-state index contributed by atoms with van der Waals surface area (Å²) in [4.78, 5) is 28.0. The number of ether oxygens (including phenoxy) is 1. The van der Waals surface area contributed by atoms with Gasteiger partial charge in [-0.1, -0.05) is 27.2 Å². The third-order valence-corrected chi connectivity index (χ3v) is 10.9. The molecule has 31 heavy (non-hydrogen) atoms. The predicted molar refractivity (Wildman–Crippen MR) is 121 cm³/mol. The molecule has 5 rings (SSSR count). The van der Waals surface area contributed by atoms with Crippen molar-refractivity contribution in [3.05, 3.63) is 0 Å². The van der Waals surface area contributed by atoms with Crippen LogP contribution in [0.25, 0.3) is 0 Å². The number of esters is 1. The summed E-state index contributed by atoms with van der Waals surface area (Å²) in [5.74, 6) is 3.55. The number of carbonyl (C=O) groups excluding carboxylic acids is 2. The van der Waals surface area contributed by atoms with Gasteiger partial charge in [0.05, 0.1) is 6.04 Å². The van der Waals surface area contributed by atoms with Crippen LogP contribution in [0.5, 0.6) is 0 Å². The Morgan fingerprint density at radius 2 is 1.77 bits per heavy atom. The van der Waals surface area contributed by atoms with E-state index in [0.29, 0.717) is 29.5 Å². The molecular formula is C27H43NO3. The van der Waals surface area contributed by atoms with Crippen LogP contribution < -0.4 is 0 Å². The van der Waals surface area contributed by atoms with Crippen molar-refractivity contribution in [3.63, 3.8) is 0 Å². The molecule has 0 aromatic heterocycles.